The minimum Gasteiger partial charge on any atom is -0.443 e. The van der Waals surface area contributed by atoms with Crippen molar-refractivity contribution in [3.05, 3.63) is 61.7 Å². The summed E-state index contributed by atoms with van der Waals surface area (Å²) in [6.07, 6.45) is 0.374. The van der Waals surface area contributed by atoms with Gasteiger partial charge in [-0.1, -0.05) is 24.6 Å². The van der Waals surface area contributed by atoms with Crippen molar-refractivity contribution in [2.45, 2.75) is 78.7 Å². The van der Waals surface area contributed by atoms with Crippen LogP contribution in [0.15, 0.2) is 35.3 Å². The van der Waals surface area contributed by atoms with Crippen molar-refractivity contribution in [2.75, 3.05) is 0 Å². The van der Waals surface area contributed by atoms with Crippen LogP contribution in [0.5, 0.6) is 0 Å². The molecule has 0 radical (unpaired) electrons. The molecular weight excluding hydrogens is 516 g/mol. The second kappa shape index (κ2) is 10.7. The van der Waals surface area contributed by atoms with E-state index in [-0.39, 0.29) is 16.9 Å². The molecule has 200 valence electrons. The molecule has 3 rings (SSSR count). The normalized spacial score (nSPS) is 12.9. The van der Waals surface area contributed by atoms with Crippen LogP contribution in [0.3, 0.4) is 0 Å². The summed E-state index contributed by atoms with van der Waals surface area (Å²) in [5, 5.41) is 0.433. The molecule has 1 aromatic carbocycles. The number of rotatable bonds is 5. The average molecular weight is 549 g/mol. The molecule has 9 nitrogen and oxygen atoms in total. The Labute approximate surface area is 225 Å². The first-order valence-electron chi connectivity index (χ1n) is 11.9. The number of aromatic amines is 2. The Hall–Kier alpha value is -3.11. The van der Waals surface area contributed by atoms with Gasteiger partial charge in [-0.15, -0.1) is 0 Å². The lowest BCUT2D eigenvalue weighted by atomic mass is 9.97. The lowest BCUT2D eigenvalue weighted by Crippen LogP contribution is -2.45. The van der Waals surface area contributed by atoms with Gasteiger partial charge in [0.25, 0.3) is 5.56 Å². The van der Waals surface area contributed by atoms with Crippen LogP contribution in [0.1, 0.15) is 72.1 Å². The van der Waals surface area contributed by atoms with Gasteiger partial charge >= 0.3 is 12.2 Å². The van der Waals surface area contributed by atoms with E-state index >= 15 is 0 Å². The first-order valence-corrected chi connectivity index (χ1v) is 12.7. The van der Waals surface area contributed by atoms with E-state index in [4.69, 9.17) is 33.3 Å². The molecule has 0 bridgehead atoms. The molecule has 0 fully saturated rings. The highest BCUT2D eigenvalue weighted by atomic mass is 35.5. The Balaban J connectivity index is 2.15. The Bertz CT molecular complexity index is 1400. The summed E-state index contributed by atoms with van der Waals surface area (Å²) in [7, 11) is 0. The van der Waals surface area contributed by atoms with Gasteiger partial charge < -0.3 is 19.0 Å². The average Bonchev–Trinajstić information content (AvgIpc) is 3.23. The van der Waals surface area contributed by atoms with Gasteiger partial charge in [-0.3, -0.25) is 9.78 Å². The number of aromatic nitrogens is 3. The summed E-state index contributed by atoms with van der Waals surface area (Å²) in [4.78, 5) is 45.6. The molecule has 11 heteroatoms. The highest BCUT2D eigenvalue weighted by Crippen LogP contribution is 2.33. The number of nitrogens with zero attached hydrogens (tertiary/aromatic N) is 2. The highest BCUT2D eigenvalue weighted by molar-refractivity contribution is 7.71. The van der Waals surface area contributed by atoms with Crippen LogP contribution in [-0.2, 0) is 16.0 Å². The number of benzene rings is 1. The van der Waals surface area contributed by atoms with Gasteiger partial charge in [0, 0.05) is 11.2 Å². The van der Waals surface area contributed by atoms with E-state index < -0.39 is 29.4 Å². The fraction of sp³-hybridized carbons (Fsp3) is 0.462. The number of imide groups is 1. The number of fused-ring (bicyclic) bond motifs is 1. The Morgan fingerprint density at radius 1 is 1.08 bits per heavy atom. The molecule has 3 aromatic rings. The molecule has 2 aromatic heterocycles. The molecule has 2 amide bonds. The standard InChI is InChI=1S/C26H33ClN4O5S/c1-8-18(31(23(33)35-25(2,3)4)24(34)36-26(5,6)7)17-13-16(27)10-9-15(17)14-30-19-11-12-28-20(19)21(32)29-22(30)37/h9-13,18,28H,8,14H2,1-7H3,(H,29,32,37)/t18-/m1/s1. The second-order valence-electron chi connectivity index (χ2n) is 10.7. The lowest BCUT2D eigenvalue weighted by molar-refractivity contribution is -0.00812. The van der Waals surface area contributed by atoms with Crippen LogP contribution < -0.4 is 5.56 Å². The van der Waals surface area contributed by atoms with E-state index in [1.165, 1.54) is 0 Å². The number of ether oxygens (including phenoxy) is 2. The molecule has 1 atom stereocenters. The fourth-order valence-corrected chi connectivity index (χ4v) is 4.38. The number of carbonyl (C=O) groups excluding carboxylic acids is 2. The zero-order valence-corrected chi connectivity index (χ0v) is 23.7. The number of hydrogen-bond donors (Lipinski definition) is 2. The number of carbonyl (C=O) groups is 2. The monoisotopic (exact) mass is 548 g/mol. The van der Waals surface area contributed by atoms with Gasteiger partial charge in [0.2, 0.25) is 0 Å². The predicted octanol–water partition coefficient (Wildman–Crippen LogP) is 6.71. The molecule has 0 saturated heterocycles. The molecule has 0 aliphatic heterocycles. The van der Waals surface area contributed by atoms with Gasteiger partial charge in [0.15, 0.2) is 4.77 Å². The van der Waals surface area contributed by atoms with Crippen molar-refractivity contribution in [3.63, 3.8) is 0 Å². The van der Waals surface area contributed by atoms with Crippen LogP contribution in [0.25, 0.3) is 11.0 Å². The largest absolute Gasteiger partial charge is 0.443 e. The Kier molecular flexibility index (Phi) is 8.24. The fourth-order valence-electron chi connectivity index (χ4n) is 3.94. The Morgan fingerprint density at radius 2 is 1.68 bits per heavy atom. The quantitative estimate of drug-likeness (QED) is 0.343. The summed E-state index contributed by atoms with van der Waals surface area (Å²) in [6.45, 7) is 12.5. The van der Waals surface area contributed by atoms with Crippen molar-refractivity contribution < 1.29 is 19.1 Å². The molecular formula is C26H33ClN4O5S. The summed E-state index contributed by atoms with van der Waals surface area (Å²) >= 11 is 11.9. The summed E-state index contributed by atoms with van der Waals surface area (Å²) in [6, 6.07) is 6.27. The van der Waals surface area contributed by atoms with E-state index in [1.54, 1.807) is 70.5 Å². The van der Waals surface area contributed by atoms with Crippen molar-refractivity contribution in [2.24, 2.45) is 0 Å². The number of halogens is 1. The molecule has 37 heavy (non-hydrogen) atoms. The van der Waals surface area contributed by atoms with E-state index in [9.17, 15) is 14.4 Å². The smallest absolute Gasteiger partial charge is 0.420 e. The predicted molar refractivity (Wildman–Crippen MR) is 146 cm³/mol. The van der Waals surface area contributed by atoms with Crippen molar-refractivity contribution in [1.82, 2.24) is 19.4 Å². The minimum atomic E-state index is -0.838. The van der Waals surface area contributed by atoms with Gasteiger partial charge in [-0.05, 0) is 89.5 Å². The van der Waals surface area contributed by atoms with E-state index in [1.807, 2.05) is 13.0 Å². The highest BCUT2D eigenvalue weighted by Gasteiger charge is 2.37. The van der Waals surface area contributed by atoms with Crippen LogP contribution >= 0.6 is 23.8 Å². The zero-order valence-electron chi connectivity index (χ0n) is 22.1. The molecule has 0 unspecified atom stereocenters. The van der Waals surface area contributed by atoms with Crippen LogP contribution in [-0.4, -0.2) is 42.8 Å². The van der Waals surface area contributed by atoms with Crippen LogP contribution in [0.2, 0.25) is 5.02 Å². The molecule has 2 N–H and O–H groups in total. The van der Waals surface area contributed by atoms with Crippen molar-refractivity contribution >= 4 is 47.0 Å². The summed E-state index contributed by atoms with van der Waals surface area (Å²) < 4.78 is 13.2. The number of amides is 2. The molecule has 0 aliphatic carbocycles. The minimum absolute atomic E-state index is 0.238. The Morgan fingerprint density at radius 3 is 2.22 bits per heavy atom. The van der Waals surface area contributed by atoms with Crippen LogP contribution in [0.4, 0.5) is 9.59 Å². The first kappa shape index (κ1) is 28.5. The molecule has 0 saturated carbocycles. The topological polar surface area (TPSA) is 109 Å². The maximum atomic E-state index is 13.4. The van der Waals surface area contributed by atoms with E-state index in [0.717, 1.165) is 10.5 Å². The van der Waals surface area contributed by atoms with Crippen molar-refractivity contribution in [3.8, 4) is 0 Å². The molecule has 0 spiro atoms. The number of nitrogens with one attached hydrogen (secondary N) is 2. The maximum absolute atomic E-state index is 13.4. The van der Waals surface area contributed by atoms with Gasteiger partial charge in [-0.2, -0.15) is 0 Å². The number of H-pyrrole nitrogens is 2. The summed E-state index contributed by atoms with van der Waals surface area (Å²) in [5.41, 5.74) is 0.400. The van der Waals surface area contributed by atoms with E-state index in [2.05, 4.69) is 9.97 Å². The second-order valence-corrected chi connectivity index (χ2v) is 11.5. The van der Waals surface area contributed by atoms with Gasteiger partial charge in [-0.25, -0.2) is 14.5 Å². The lowest BCUT2D eigenvalue weighted by Gasteiger charge is -2.34. The maximum Gasteiger partial charge on any atom is 0.420 e. The SMILES string of the molecule is CC[C@H](c1cc(Cl)ccc1Cn1c(=S)[nH]c(=O)c2[nH]ccc21)N(C(=O)OC(C)(C)C)C(=O)OC(C)(C)C. The third-order valence-corrected chi connectivity index (χ3v) is 5.94. The van der Waals surface area contributed by atoms with Gasteiger partial charge in [0.1, 0.15) is 16.7 Å². The summed E-state index contributed by atoms with van der Waals surface area (Å²) in [5.74, 6) is 0. The molecule has 2 heterocycles. The van der Waals surface area contributed by atoms with Gasteiger partial charge in [0.05, 0.1) is 18.1 Å². The third kappa shape index (κ3) is 6.81. The molecule has 0 aliphatic rings. The van der Waals surface area contributed by atoms with Crippen LogP contribution in [0, 0.1) is 4.77 Å². The number of hydrogen-bond acceptors (Lipinski definition) is 6. The zero-order chi connectivity index (χ0) is 27.7. The first-order chi connectivity index (χ1) is 17.1. The van der Waals surface area contributed by atoms with E-state index in [0.29, 0.717) is 28.0 Å². The third-order valence-electron chi connectivity index (χ3n) is 5.38. The van der Waals surface area contributed by atoms with Crippen molar-refractivity contribution in [1.29, 1.82) is 0 Å².